The minimum atomic E-state index is 0.345. The van der Waals surface area contributed by atoms with Gasteiger partial charge in [0.1, 0.15) is 5.82 Å². The number of nitrogens with zero attached hydrogens (tertiary/aromatic N) is 3. The normalized spacial score (nSPS) is 10.2. The first-order valence-electron chi connectivity index (χ1n) is 3.78. The molecule has 0 aliphatic carbocycles. The number of H-pyrrole nitrogens is 1. The molecule has 0 unspecified atom stereocenters. The Balaban J connectivity index is 2.36. The summed E-state index contributed by atoms with van der Waals surface area (Å²) in [5, 5.41) is 6.75. The lowest BCUT2D eigenvalue weighted by Gasteiger charge is -1.90. The molecule has 13 heavy (non-hydrogen) atoms. The number of pyridine rings is 1. The van der Waals surface area contributed by atoms with Crippen LogP contribution in [0.2, 0.25) is 0 Å². The van der Waals surface area contributed by atoms with Crippen LogP contribution in [0.1, 0.15) is 5.82 Å². The van der Waals surface area contributed by atoms with Crippen molar-refractivity contribution in [3.05, 3.63) is 30.4 Å². The van der Waals surface area contributed by atoms with Crippen molar-refractivity contribution < 1.29 is 0 Å². The Labute approximate surface area is 80.0 Å². The third kappa shape index (κ3) is 1.67. The summed E-state index contributed by atoms with van der Waals surface area (Å²) in [5.41, 5.74) is 0.933. The molecule has 1 N–H and O–H groups in total. The van der Waals surface area contributed by atoms with Crippen molar-refractivity contribution in [2.75, 3.05) is 0 Å². The van der Waals surface area contributed by atoms with Gasteiger partial charge >= 0.3 is 0 Å². The fourth-order valence-corrected chi connectivity index (χ4v) is 1.10. The van der Waals surface area contributed by atoms with Crippen LogP contribution in [-0.2, 0) is 5.88 Å². The highest BCUT2D eigenvalue weighted by atomic mass is 35.5. The Morgan fingerprint density at radius 1 is 1.31 bits per heavy atom. The van der Waals surface area contributed by atoms with Gasteiger partial charge in [-0.1, -0.05) is 0 Å². The number of halogens is 1. The SMILES string of the molecule is ClCc1nc(-c2ccncc2)n[nH]1. The van der Waals surface area contributed by atoms with E-state index in [9.17, 15) is 0 Å². The second-order valence-corrected chi connectivity index (χ2v) is 2.74. The standard InChI is InChI=1S/C8H7ClN4/c9-5-7-11-8(13-12-7)6-1-3-10-4-2-6/h1-4H,5H2,(H,11,12,13). The number of hydrogen-bond donors (Lipinski definition) is 1. The summed E-state index contributed by atoms with van der Waals surface area (Å²) in [6.45, 7) is 0. The molecule has 0 aliphatic heterocycles. The van der Waals surface area contributed by atoms with Crippen LogP contribution >= 0.6 is 11.6 Å². The molecule has 2 aromatic rings. The third-order valence-corrected chi connectivity index (χ3v) is 1.85. The Hall–Kier alpha value is -1.42. The molecular formula is C8H7ClN4. The lowest BCUT2D eigenvalue weighted by atomic mass is 10.3. The van der Waals surface area contributed by atoms with Crippen molar-refractivity contribution in [2.24, 2.45) is 0 Å². The van der Waals surface area contributed by atoms with Crippen LogP contribution in [0.25, 0.3) is 11.4 Å². The van der Waals surface area contributed by atoms with E-state index in [0.29, 0.717) is 17.5 Å². The molecule has 0 fully saturated rings. The first kappa shape index (κ1) is 8.19. The van der Waals surface area contributed by atoms with E-state index in [1.54, 1.807) is 12.4 Å². The minimum absolute atomic E-state index is 0.345. The van der Waals surface area contributed by atoms with E-state index >= 15 is 0 Å². The number of alkyl halides is 1. The first-order chi connectivity index (χ1) is 6.40. The van der Waals surface area contributed by atoms with Crippen LogP contribution in [0.15, 0.2) is 24.5 Å². The average molecular weight is 195 g/mol. The van der Waals surface area contributed by atoms with Gasteiger partial charge in [0.15, 0.2) is 5.82 Å². The van der Waals surface area contributed by atoms with Crippen LogP contribution < -0.4 is 0 Å². The van der Waals surface area contributed by atoms with Crippen molar-refractivity contribution in [1.82, 2.24) is 20.2 Å². The van der Waals surface area contributed by atoms with Crippen LogP contribution in [0.3, 0.4) is 0 Å². The summed E-state index contributed by atoms with van der Waals surface area (Å²) < 4.78 is 0. The Kier molecular flexibility index (Phi) is 2.23. The van der Waals surface area contributed by atoms with E-state index in [-0.39, 0.29) is 0 Å². The smallest absolute Gasteiger partial charge is 0.181 e. The highest BCUT2D eigenvalue weighted by Gasteiger charge is 2.03. The summed E-state index contributed by atoms with van der Waals surface area (Å²) >= 11 is 5.58. The van der Waals surface area contributed by atoms with Gasteiger partial charge in [0.25, 0.3) is 0 Å². The second-order valence-electron chi connectivity index (χ2n) is 2.48. The number of rotatable bonds is 2. The zero-order valence-electron chi connectivity index (χ0n) is 6.74. The Morgan fingerprint density at radius 2 is 2.08 bits per heavy atom. The first-order valence-corrected chi connectivity index (χ1v) is 4.31. The summed E-state index contributed by atoms with van der Waals surface area (Å²) in [7, 11) is 0. The van der Waals surface area contributed by atoms with Gasteiger partial charge in [-0.2, -0.15) is 5.10 Å². The zero-order chi connectivity index (χ0) is 9.10. The predicted octanol–water partition coefficient (Wildman–Crippen LogP) is 1.61. The quantitative estimate of drug-likeness (QED) is 0.739. The van der Waals surface area contributed by atoms with Crippen LogP contribution in [-0.4, -0.2) is 20.2 Å². The van der Waals surface area contributed by atoms with Gasteiger partial charge in [0.2, 0.25) is 0 Å². The van der Waals surface area contributed by atoms with Crippen molar-refractivity contribution in [3.63, 3.8) is 0 Å². The number of nitrogens with one attached hydrogen (secondary N) is 1. The fourth-order valence-electron chi connectivity index (χ4n) is 0.985. The number of aromatic amines is 1. The van der Waals surface area contributed by atoms with E-state index in [1.807, 2.05) is 12.1 Å². The summed E-state index contributed by atoms with van der Waals surface area (Å²) in [6, 6.07) is 3.70. The van der Waals surface area contributed by atoms with Gasteiger partial charge in [-0.3, -0.25) is 10.1 Å². The lowest BCUT2D eigenvalue weighted by molar-refractivity contribution is 1.02. The van der Waals surface area contributed by atoms with Crippen molar-refractivity contribution >= 4 is 11.6 Å². The van der Waals surface area contributed by atoms with Gasteiger partial charge < -0.3 is 0 Å². The maximum Gasteiger partial charge on any atom is 0.181 e. The maximum absolute atomic E-state index is 5.58. The van der Waals surface area contributed by atoms with Crippen LogP contribution in [0, 0.1) is 0 Å². The zero-order valence-corrected chi connectivity index (χ0v) is 7.49. The van der Waals surface area contributed by atoms with Gasteiger partial charge in [-0.05, 0) is 12.1 Å². The molecular weight excluding hydrogens is 188 g/mol. The molecule has 0 radical (unpaired) electrons. The Morgan fingerprint density at radius 3 is 2.69 bits per heavy atom. The summed E-state index contributed by atoms with van der Waals surface area (Å²) in [6.07, 6.45) is 3.40. The van der Waals surface area contributed by atoms with E-state index in [0.717, 1.165) is 5.56 Å². The highest BCUT2D eigenvalue weighted by molar-refractivity contribution is 6.16. The molecule has 2 aromatic heterocycles. The molecule has 0 bridgehead atoms. The van der Waals surface area contributed by atoms with Crippen molar-refractivity contribution in [2.45, 2.75) is 5.88 Å². The van der Waals surface area contributed by atoms with Gasteiger partial charge in [0, 0.05) is 18.0 Å². The molecule has 0 saturated heterocycles. The molecule has 0 saturated carbocycles. The fraction of sp³-hybridized carbons (Fsp3) is 0.125. The summed E-state index contributed by atoms with van der Waals surface area (Å²) in [4.78, 5) is 8.08. The lowest BCUT2D eigenvalue weighted by Crippen LogP contribution is -1.81. The minimum Gasteiger partial charge on any atom is -0.265 e. The number of hydrogen-bond acceptors (Lipinski definition) is 3. The molecule has 2 heterocycles. The molecule has 0 aliphatic rings. The molecule has 5 heteroatoms. The van der Waals surface area contributed by atoms with E-state index in [2.05, 4.69) is 20.2 Å². The number of aromatic nitrogens is 4. The monoisotopic (exact) mass is 194 g/mol. The average Bonchev–Trinajstić information content (AvgIpc) is 2.67. The molecule has 0 aromatic carbocycles. The molecule has 0 atom stereocenters. The molecule has 4 nitrogen and oxygen atoms in total. The van der Waals surface area contributed by atoms with Crippen molar-refractivity contribution in [1.29, 1.82) is 0 Å². The second kappa shape index (κ2) is 3.53. The van der Waals surface area contributed by atoms with Gasteiger partial charge in [-0.25, -0.2) is 4.98 Å². The molecule has 0 spiro atoms. The van der Waals surface area contributed by atoms with Crippen molar-refractivity contribution in [3.8, 4) is 11.4 Å². The van der Waals surface area contributed by atoms with Gasteiger partial charge in [-0.15, -0.1) is 11.6 Å². The van der Waals surface area contributed by atoms with E-state index in [1.165, 1.54) is 0 Å². The molecule has 2 rings (SSSR count). The third-order valence-electron chi connectivity index (χ3n) is 1.60. The molecule has 0 amide bonds. The Bertz CT molecular complexity index is 384. The van der Waals surface area contributed by atoms with Gasteiger partial charge in [0.05, 0.1) is 5.88 Å². The highest BCUT2D eigenvalue weighted by Crippen LogP contribution is 2.12. The summed E-state index contributed by atoms with van der Waals surface area (Å²) in [5.74, 6) is 1.67. The largest absolute Gasteiger partial charge is 0.265 e. The van der Waals surface area contributed by atoms with Crippen LogP contribution in [0.4, 0.5) is 0 Å². The molecule has 66 valence electrons. The topological polar surface area (TPSA) is 54.5 Å². The maximum atomic E-state index is 5.58. The predicted molar refractivity (Wildman–Crippen MR) is 49.2 cm³/mol. The van der Waals surface area contributed by atoms with E-state index < -0.39 is 0 Å². The van der Waals surface area contributed by atoms with E-state index in [4.69, 9.17) is 11.6 Å². The van der Waals surface area contributed by atoms with Crippen LogP contribution in [0.5, 0.6) is 0 Å².